The third kappa shape index (κ3) is 4.98. The van der Waals surface area contributed by atoms with Crippen molar-refractivity contribution in [3.8, 4) is 10.6 Å². The number of pyridine rings is 1. The molecule has 3 heterocycles. The molecule has 0 unspecified atom stereocenters. The van der Waals surface area contributed by atoms with Gasteiger partial charge in [0.15, 0.2) is 6.61 Å². The van der Waals surface area contributed by atoms with E-state index in [1.807, 2.05) is 12.1 Å². The summed E-state index contributed by atoms with van der Waals surface area (Å²) in [7, 11) is 0. The first-order valence-corrected chi connectivity index (χ1v) is 8.38. The number of aromatic nitrogens is 2. The maximum Gasteiger partial charge on any atom is 0.312 e. The Morgan fingerprint density at radius 3 is 2.96 bits per heavy atom. The van der Waals surface area contributed by atoms with Gasteiger partial charge in [0.1, 0.15) is 10.8 Å². The lowest BCUT2D eigenvalue weighted by atomic mass is 10.3. The zero-order valence-electron chi connectivity index (χ0n) is 13.2. The van der Waals surface area contributed by atoms with Crippen molar-refractivity contribution in [2.75, 3.05) is 6.61 Å². The van der Waals surface area contributed by atoms with Crippen LogP contribution in [0.3, 0.4) is 0 Å². The second kappa shape index (κ2) is 8.20. The first-order valence-electron chi connectivity index (χ1n) is 7.50. The summed E-state index contributed by atoms with van der Waals surface area (Å²) in [6.07, 6.45) is 4.94. The van der Waals surface area contributed by atoms with Gasteiger partial charge >= 0.3 is 5.97 Å². The van der Waals surface area contributed by atoms with E-state index in [-0.39, 0.29) is 25.5 Å². The van der Waals surface area contributed by atoms with Crippen LogP contribution >= 0.6 is 11.3 Å². The standard InChI is InChI=1S/C17H15N3O4S/c21-15(19-9-14-4-2-6-23-14)10-24-16(22)7-13-11-25-17(20-13)12-3-1-5-18-8-12/h1-6,8,11H,7,9-10H2,(H,19,21). The third-order valence-corrected chi connectivity index (χ3v) is 4.13. The van der Waals surface area contributed by atoms with Crippen molar-refractivity contribution >= 4 is 23.2 Å². The predicted octanol–water partition coefficient (Wildman–Crippen LogP) is 2.20. The maximum atomic E-state index is 11.8. The molecule has 3 rings (SSSR count). The largest absolute Gasteiger partial charge is 0.467 e. The van der Waals surface area contributed by atoms with Gasteiger partial charge in [-0.1, -0.05) is 0 Å². The van der Waals surface area contributed by atoms with Crippen LogP contribution in [-0.2, 0) is 27.3 Å². The summed E-state index contributed by atoms with van der Waals surface area (Å²) in [6, 6.07) is 7.20. The number of hydrogen-bond donors (Lipinski definition) is 1. The number of carbonyl (C=O) groups is 2. The highest BCUT2D eigenvalue weighted by molar-refractivity contribution is 7.13. The zero-order chi connectivity index (χ0) is 17.5. The van der Waals surface area contributed by atoms with E-state index < -0.39 is 5.97 Å². The Bertz CT molecular complexity index is 831. The summed E-state index contributed by atoms with van der Waals surface area (Å²) >= 11 is 1.43. The Morgan fingerprint density at radius 2 is 2.20 bits per heavy atom. The molecule has 0 aliphatic carbocycles. The van der Waals surface area contributed by atoms with Crippen molar-refractivity contribution in [3.63, 3.8) is 0 Å². The van der Waals surface area contributed by atoms with Crippen molar-refractivity contribution in [3.05, 3.63) is 59.8 Å². The fraction of sp³-hybridized carbons (Fsp3) is 0.176. The molecule has 7 nitrogen and oxygen atoms in total. The smallest absolute Gasteiger partial charge is 0.312 e. The van der Waals surface area contributed by atoms with Gasteiger partial charge in [0.25, 0.3) is 5.91 Å². The van der Waals surface area contributed by atoms with E-state index in [0.29, 0.717) is 11.5 Å². The highest BCUT2D eigenvalue weighted by atomic mass is 32.1. The normalized spacial score (nSPS) is 10.4. The molecule has 0 atom stereocenters. The van der Waals surface area contributed by atoms with Gasteiger partial charge in [-0.2, -0.15) is 0 Å². The molecule has 25 heavy (non-hydrogen) atoms. The van der Waals surface area contributed by atoms with Crippen LogP contribution in [0.15, 0.2) is 52.7 Å². The van der Waals surface area contributed by atoms with E-state index in [1.54, 1.807) is 29.9 Å². The Kier molecular flexibility index (Phi) is 5.53. The van der Waals surface area contributed by atoms with Crippen molar-refractivity contribution in [2.45, 2.75) is 13.0 Å². The van der Waals surface area contributed by atoms with Crippen LogP contribution < -0.4 is 5.32 Å². The van der Waals surface area contributed by atoms with Crippen LogP contribution in [0.5, 0.6) is 0 Å². The molecule has 0 radical (unpaired) electrons. The summed E-state index contributed by atoms with van der Waals surface area (Å²) in [5.41, 5.74) is 1.49. The Balaban J connectivity index is 1.43. The minimum Gasteiger partial charge on any atom is -0.467 e. The molecule has 0 saturated heterocycles. The second-order valence-electron chi connectivity index (χ2n) is 5.08. The number of rotatable bonds is 7. The zero-order valence-corrected chi connectivity index (χ0v) is 14.0. The Hall–Kier alpha value is -3.00. The molecule has 128 valence electrons. The van der Waals surface area contributed by atoms with Crippen LogP contribution in [0, 0.1) is 0 Å². The van der Waals surface area contributed by atoms with Crippen molar-refractivity contribution in [2.24, 2.45) is 0 Å². The topological polar surface area (TPSA) is 94.3 Å². The van der Waals surface area contributed by atoms with E-state index >= 15 is 0 Å². The summed E-state index contributed by atoms with van der Waals surface area (Å²) in [5.74, 6) is -0.264. The summed E-state index contributed by atoms with van der Waals surface area (Å²) in [4.78, 5) is 31.9. The van der Waals surface area contributed by atoms with Crippen molar-refractivity contribution in [1.82, 2.24) is 15.3 Å². The lowest BCUT2D eigenvalue weighted by molar-refractivity contribution is -0.148. The van der Waals surface area contributed by atoms with E-state index in [1.165, 1.54) is 17.6 Å². The van der Waals surface area contributed by atoms with Crippen LogP contribution in [0.4, 0.5) is 0 Å². The molecule has 0 bridgehead atoms. The van der Waals surface area contributed by atoms with Crippen LogP contribution in [-0.4, -0.2) is 28.5 Å². The van der Waals surface area contributed by atoms with Crippen LogP contribution in [0.25, 0.3) is 10.6 Å². The molecule has 0 aromatic carbocycles. The number of furan rings is 1. The quantitative estimate of drug-likeness (QED) is 0.652. The molecule has 8 heteroatoms. The monoisotopic (exact) mass is 357 g/mol. The summed E-state index contributed by atoms with van der Waals surface area (Å²) in [6.45, 7) is -0.0803. The molecule has 3 aromatic heterocycles. The van der Waals surface area contributed by atoms with Crippen LogP contribution in [0.1, 0.15) is 11.5 Å². The Labute approximate surface area is 147 Å². The van der Waals surface area contributed by atoms with Crippen molar-refractivity contribution < 1.29 is 18.7 Å². The minimum absolute atomic E-state index is 0.0161. The average molecular weight is 357 g/mol. The van der Waals surface area contributed by atoms with Gasteiger partial charge in [-0.15, -0.1) is 11.3 Å². The number of thiazole rings is 1. The van der Waals surface area contributed by atoms with Crippen LogP contribution in [0.2, 0.25) is 0 Å². The number of hydrogen-bond acceptors (Lipinski definition) is 7. The van der Waals surface area contributed by atoms with Gasteiger partial charge in [0, 0.05) is 23.3 Å². The number of carbonyl (C=O) groups excluding carboxylic acids is 2. The van der Waals surface area contributed by atoms with E-state index in [9.17, 15) is 9.59 Å². The minimum atomic E-state index is -0.504. The highest BCUT2D eigenvalue weighted by Crippen LogP contribution is 2.22. The van der Waals surface area contributed by atoms with Gasteiger partial charge in [-0.25, -0.2) is 4.98 Å². The maximum absolute atomic E-state index is 11.8. The predicted molar refractivity (Wildman–Crippen MR) is 90.6 cm³/mol. The number of ether oxygens (including phenoxy) is 1. The van der Waals surface area contributed by atoms with Gasteiger partial charge in [-0.05, 0) is 24.3 Å². The molecular formula is C17H15N3O4S. The third-order valence-electron chi connectivity index (χ3n) is 3.19. The first kappa shape index (κ1) is 16.8. The molecule has 0 aliphatic rings. The summed E-state index contributed by atoms with van der Waals surface area (Å²) in [5, 5.41) is 5.18. The average Bonchev–Trinajstić information content (AvgIpc) is 3.31. The molecule has 3 aromatic rings. The fourth-order valence-electron chi connectivity index (χ4n) is 2.00. The first-order chi connectivity index (χ1) is 12.2. The fourth-order valence-corrected chi connectivity index (χ4v) is 2.82. The van der Waals surface area contributed by atoms with Crippen molar-refractivity contribution in [1.29, 1.82) is 0 Å². The molecule has 0 saturated carbocycles. The van der Waals surface area contributed by atoms with Gasteiger partial charge in [0.05, 0.1) is 24.9 Å². The lowest BCUT2D eigenvalue weighted by Gasteiger charge is -2.04. The molecule has 1 amide bonds. The van der Waals surface area contributed by atoms with E-state index in [4.69, 9.17) is 9.15 Å². The molecule has 0 aliphatic heterocycles. The SMILES string of the molecule is O=C(COC(=O)Cc1csc(-c2cccnc2)n1)NCc1ccco1. The second-order valence-corrected chi connectivity index (χ2v) is 5.94. The number of nitrogens with zero attached hydrogens (tertiary/aromatic N) is 2. The molecule has 0 fully saturated rings. The van der Waals surface area contributed by atoms with Gasteiger partial charge < -0.3 is 14.5 Å². The molecule has 1 N–H and O–H groups in total. The van der Waals surface area contributed by atoms with Gasteiger partial charge in [-0.3, -0.25) is 14.6 Å². The number of esters is 1. The van der Waals surface area contributed by atoms with E-state index in [0.717, 1.165) is 10.6 Å². The number of amides is 1. The highest BCUT2D eigenvalue weighted by Gasteiger charge is 2.12. The summed E-state index contributed by atoms with van der Waals surface area (Å²) < 4.78 is 10.1. The lowest BCUT2D eigenvalue weighted by Crippen LogP contribution is -2.28. The molecule has 0 spiro atoms. The number of nitrogens with one attached hydrogen (secondary N) is 1. The molecular weight excluding hydrogens is 342 g/mol. The van der Waals surface area contributed by atoms with E-state index in [2.05, 4.69) is 15.3 Å². The van der Waals surface area contributed by atoms with Gasteiger partial charge in [0.2, 0.25) is 0 Å². The Morgan fingerprint density at radius 1 is 1.28 bits per heavy atom.